The number of hydrogen-bond donors (Lipinski definition) is 1. The van der Waals surface area contributed by atoms with Crippen LogP contribution in [0.5, 0.6) is 0 Å². The quantitative estimate of drug-likeness (QED) is 0.865. The van der Waals surface area contributed by atoms with Crippen LogP contribution in [0.2, 0.25) is 0 Å². The molecule has 2 heteroatoms. The van der Waals surface area contributed by atoms with E-state index >= 15 is 0 Å². The first-order valence-electron chi connectivity index (χ1n) is 7.12. The SMILES string of the molecule is O=C(C[C@H]1C[C@H]2CC[C@H]1C2)NCc1ccccc1. The summed E-state index contributed by atoms with van der Waals surface area (Å²) in [5, 5.41) is 3.05. The van der Waals surface area contributed by atoms with Crippen molar-refractivity contribution < 1.29 is 4.79 Å². The van der Waals surface area contributed by atoms with Gasteiger partial charge in [0.1, 0.15) is 0 Å². The summed E-state index contributed by atoms with van der Waals surface area (Å²) in [4.78, 5) is 11.9. The smallest absolute Gasteiger partial charge is 0.220 e. The molecule has 0 aromatic heterocycles. The number of carbonyl (C=O) groups is 1. The lowest BCUT2D eigenvalue weighted by molar-refractivity contribution is -0.122. The van der Waals surface area contributed by atoms with E-state index in [0.29, 0.717) is 12.5 Å². The topological polar surface area (TPSA) is 29.1 Å². The molecule has 0 aliphatic heterocycles. The van der Waals surface area contributed by atoms with E-state index in [2.05, 4.69) is 17.4 Å². The highest BCUT2D eigenvalue weighted by molar-refractivity contribution is 5.76. The van der Waals surface area contributed by atoms with E-state index in [1.807, 2.05) is 18.2 Å². The first-order valence-corrected chi connectivity index (χ1v) is 7.12. The number of amides is 1. The van der Waals surface area contributed by atoms with Crippen LogP contribution in [0.3, 0.4) is 0 Å². The summed E-state index contributed by atoms with van der Waals surface area (Å²) in [6.45, 7) is 0.667. The van der Waals surface area contributed by atoms with E-state index in [4.69, 9.17) is 0 Å². The van der Waals surface area contributed by atoms with Gasteiger partial charge in [0.05, 0.1) is 0 Å². The number of carbonyl (C=O) groups excluding carboxylic acids is 1. The molecule has 1 aromatic rings. The lowest BCUT2D eigenvalue weighted by Gasteiger charge is -2.20. The van der Waals surface area contributed by atoms with Crippen LogP contribution in [0.4, 0.5) is 0 Å². The van der Waals surface area contributed by atoms with E-state index in [9.17, 15) is 4.79 Å². The monoisotopic (exact) mass is 243 g/mol. The highest BCUT2D eigenvalue weighted by Gasteiger charge is 2.39. The van der Waals surface area contributed by atoms with Gasteiger partial charge in [0.2, 0.25) is 5.91 Å². The van der Waals surface area contributed by atoms with Gasteiger partial charge in [-0.15, -0.1) is 0 Å². The third-order valence-corrected chi connectivity index (χ3v) is 4.66. The van der Waals surface area contributed by atoms with E-state index in [1.165, 1.54) is 31.2 Å². The van der Waals surface area contributed by atoms with Crippen molar-refractivity contribution in [2.75, 3.05) is 0 Å². The zero-order chi connectivity index (χ0) is 12.4. The second-order valence-electron chi connectivity index (χ2n) is 5.90. The highest BCUT2D eigenvalue weighted by atomic mass is 16.1. The Labute approximate surface area is 109 Å². The number of benzene rings is 1. The van der Waals surface area contributed by atoms with E-state index < -0.39 is 0 Å². The minimum absolute atomic E-state index is 0.233. The van der Waals surface area contributed by atoms with Gasteiger partial charge in [-0.05, 0) is 42.6 Å². The van der Waals surface area contributed by atoms with E-state index in [0.717, 1.165) is 18.3 Å². The highest BCUT2D eigenvalue weighted by Crippen LogP contribution is 2.49. The van der Waals surface area contributed by atoms with Crippen LogP contribution in [0.1, 0.15) is 37.7 Å². The van der Waals surface area contributed by atoms with E-state index in [-0.39, 0.29) is 5.91 Å². The Morgan fingerprint density at radius 1 is 1.17 bits per heavy atom. The first kappa shape index (κ1) is 11.8. The van der Waals surface area contributed by atoms with Crippen molar-refractivity contribution in [2.45, 2.75) is 38.6 Å². The van der Waals surface area contributed by atoms with Gasteiger partial charge in [-0.3, -0.25) is 4.79 Å². The van der Waals surface area contributed by atoms with Gasteiger partial charge in [0.15, 0.2) is 0 Å². The molecule has 2 aliphatic carbocycles. The molecule has 0 spiro atoms. The van der Waals surface area contributed by atoms with Gasteiger partial charge < -0.3 is 5.32 Å². The molecule has 0 heterocycles. The molecule has 2 fully saturated rings. The van der Waals surface area contributed by atoms with Crippen LogP contribution < -0.4 is 5.32 Å². The Balaban J connectivity index is 1.45. The zero-order valence-electron chi connectivity index (χ0n) is 10.8. The molecule has 96 valence electrons. The van der Waals surface area contributed by atoms with Crippen LogP contribution >= 0.6 is 0 Å². The minimum atomic E-state index is 0.233. The Morgan fingerprint density at radius 3 is 2.67 bits per heavy atom. The normalized spacial score (nSPS) is 29.4. The van der Waals surface area contributed by atoms with Crippen LogP contribution in [0.25, 0.3) is 0 Å². The summed E-state index contributed by atoms with van der Waals surface area (Å²) in [5.41, 5.74) is 1.18. The van der Waals surface area contributed by atoms with Crippen molar-refractivity contribution in [1.29, 1.82) is 0 Å². The molecular weight excluding hydrogens is 222 g/mol. The molecule has 1 aromatic carbocycles. The maximum absolute atomic E-state index is 11.9. The molecule has 2 aliphatic rings. The van der Waals surface area contributed by atoms with E-state index in [1.54, 1.807) is 0 Å². The summed E-state index contributed by atoms with van der Waals surface area (Å²) in [5.74, 6) is 2.68. The fourth-order valence-corrected chi connectivity index (χ4v) is 3.73. The summed E-state index contributed by atoms with van der Waals surface area (Å²) in [7, 11) is 0. The Bertz CT molecular complexity index is 414. The van der Waals surface area contributed by atoms with Crippen molar-refractivity contribution in [2.24, 2.45) is 17.8 Å². The lowest BCUT2D eigenvalue weighted by atomic mass is 9.86. The van der Waals surface area contributed by atoms with Crippen molar-refractivity contribution in [3.05, 3.63) is 35.9 Å². The van der Waals surface area contributed by atoms with Crippen molar-refractivity contribution in [3.8, 4) is 0 Å². The largest absolute Gasteiger partial charge is 0.352 e. The summed E-state index contributed by atoms with van der Waals surface area (Å²) < 4.78 is 0. The number of rotatable bonds is 4. The third kappa shape index (κ3) is 2.58. The molecule has 3 rings (SSSR count). The second kappa shape index (κ2) is 5.13. The van der Waals surface area contributed by atoms with Crippen molar-refractivity contribution >= 4 is 5.91 Å². The average molecular weight is 243 g/mol. The van der Waals surface area contributed by atoms with Crippen molar-refractivity contribution in [1.82, 2.24) is 5.32 Å². The molecule has 18 heavy (non-hydrogen) atoms. The number of hydrogen-bond acceptors (Lipinski definition) is 1. The molecule has 1 N–H and O–H groups in total. The summed E-state index contributed by atoms with van der Waals surface area (Å²) in [6, 6.07) is 10.1. The summed E-state index contributed by atoms with van der Waals surface area (Å²) in [6.07, 6.45) is 6.20. The molecule has 0 unspecified atom stereocenters. The van der Waals surface area contributed by atoms with Crippen LogP contribution in [-0.4, -0.2) is 5.91 Å². The maximum Gasteiger partial charge on any atom is 0.220 e. The third-order valence-electron chi connectivity index (χ3n) is 4.66. The van der Waals surface area contributed by atoms with Gasteiger partial charge in [0.25, 0.3) is 0 Å². The first-order chi connectivity index (χ1) is 8.81. The zero-order valence-corrected chi connectivity index (χ0v) is 10.8. The van der Waals surface area contributed by atoms with Gasteiger partial charge in [-0.1, -0.05) is 36.8 Å². The second-order valence-corrected chi connectivity index (χ2v) is 5.90. The molecule has 2 bridgehead atoms. The number of fused-ring (bicyclic) bond motifs is 2. The molecule has 0 radical (unpaired) electrons. The van der Waals surface area contributed by atoms with Gasteiger partial charge in [-0.25, -0.2) is 0 Å². The molecular formula is C16H21NO. The summed E-state index contributed by atoms with van der Waals surface area (Å²) >= 11 is 0. The van der Waals surface area contributed by atoms with Crippen molar-refractivity contribution in [3.63, 3.8) is 0 Å². The average Bonchev–Trinajstić information content (AvgIpc) is 3.00. The molecule has 2 saturated carbocycles. The molecule has 2 nitrogen and oxygen atoms in total. The van der Waals surface area contributed by atoms with Gasteiger partial charge in [0, 0.05) is 13.0 Å². The minimum Gasteiger partial charge on any atom is -0.352 e. The molecule has 0 saturated heterocycles. The van der Waals surface area contributed by atoms with Crippen LogP contribution in [0.15, 0.2) is 30.3 Å². The number of nitrogens with one attached hydrogen (secondary N) is 1. The Kier molecular flexibility index (Phi) is 3.35. The maximum atomic E-state index is 11.9. The predicted molar refractivity (Wildman–Crippen MR) is 71.8 cm³/mol. The van der Waals surface area contributed by atoms with Crippen LogP contribution in [0, 0.1) is 17.8 Å². The lowest BCUT2D eigenvalue weighted by Crippen LogP contribution is -2.26. The fourth-order valence-electron chi connectivity index (χ4n) is 3.73. The predicted octanol–water partition coefficient (Wildman–Crippen LogP) is 3.13. The Morgan fingerprint density at radius 2 is 2.00 bits per heavy atom. The van der Waals surface area contributed by atoms with Crippen LogP contribution in [-0.2, 0) is 11.3 Å². The van der Waals surface area contributed by atoms with Gasteiger partial charge in [-0.2, -0.15) is 0 Å². The molecule has 3 atom stereocenters. The standard InChI is InChI=1S/C16H21NO/c18-16(17-11-12-4-2-1-3-5-12)10-15-9-13-6-7-14(15)8-13/h1-5,13-15H,6-11H2,(H,17,18)/t13-,14-,15+/m0/s1. The molecule has 1 amide bonds. The fraction of sp³-hybridized carbons (Fsp3) is 0.562. The van der Waals surface area contributed by atoms with Gasteiger partial charge >= 0.3 is 0 Å². The Hall–Kier alpha value is -1.31.